The van der Waals surface area contributed by atoms with Crippen LogP contribution < -0.4 is 15.4 Å². The van der Waals surface area contributed by atoms with Gasteiger partial charge in [-0.15, -0.1) is 11.3 Å². The molecular weight excluding hydrogens is 274 g/mol. The fraction of sp³-hybridized carbons (Fsp3) is 0.286. The number of aromatic nitrogens is 1. The summed E-state index contributed by atoms with van der Waals surface area (Å²) in [7, 11) is 1.64. The van der Waals surface area contributed by atoms with Crippen LogP contribution in [0.5, 0.6) is 5.75 Å². The Morgan fingerprint density at radius 2 is 2.10 bits per heavy atom. The molecule has 0 aliphatic carbocycles. The second-order valence-corrected chi connectivity index (χ2v) is 5.51. The molecule has 1 heterocycles. The Labute approximate surface area is 122 Å². The predicted octanol–water partition coefficient (Wildman–Crippen LogP) is 2.19. The zero-order chi connectivity index (χ0) is 14.4. The van der Waals surface area contributed by atoms with Crippen molar-refractivity contribution in [1.29, 1.82) is 0 Å². The second-order valence-electron chi connectivity index (χ2n) is 4.28. The van der Waals surface area contributed by atoms with E-state index in [9.17, 15) is 4.79 Å². The lowest BCUT2D eigenvalue weighted by Gasteiger charge is -2.06. The number of anilines is 1. The van der Waals surface area contributed by atoms with Crippen molar-refractivity contribution >= 4 is 22.4 Å². The zero-order valence-corrected chi connectivity index (χ0v) is 12.3. The van der Waals surface area contributed by atoms with E-state index in [1.807, 2.05) is 31.2 Å². The van der Waals surface area contributed by atoms with Gasteiger partial charge in [-0.3, -0.25) is 4.79 Å². The molecular formula is C14H17N3O2S. The van der Waals surface area contributed by atoms with Crippen molar-refractivity contribution in [3.8, 4) is 5.75 Å². The van der Waals surface area contributed by atoms with E-state index in [1.54, 1.807) is 13.3 Å². The quantitative estimate of drug-likeness (QED) is 0.856. The molecule has 106 valence electrons. The number of hydrogen-bond donors (Lipinski definition) is 2. The first-order valence-corrected chi connectivity index (χ1v) is 7.05. The normalized spacial score (nSPS) is 10.3. The summed E-state index contributed by atoms with van der Waals surface area (Å²) in [6, 6.07) is 7.73. The first-order chi connectivity index (χ1) is 9.67. The molecule has 0 saturated carbocycles. The third kappa shape index (κ3) is 4.32. The van der Waals surface area contributed by atoms with Crippen molar-refractivity contribution in [2.45, 2.75) is 13.5 Å². The second kappa shape index (κ2) is 7.02. The highest BCUT2D eigenvalue weighted by Gasteiger charge is 2.04. The molecule has 1 amide bonds. The molecule has 1 aromatic heterocycles. The Morgan fingerprint density at radius 3 is 2.70 bits per heavy atom. The van der Waals surface area contributed by atoms with Crippen LogP contribution in [0, 0.1) is 6.92 Å². The van der Waals surface area contributed by atoms with Crippen LogP contribution >= 0.6 is 11.3 Å². The number of thiazole rings is 1. The van der Waals surface area contributed by atoms with E-state index < -0.39 is 0 Å². The monoisotopic (exact) mass is 291 g/mol. The number of nitrogens with zero attached hydrogens (tertiary/aromatic N) is 1. The number of methoxy groups -OCH3 is 1. The average molecular weight is 291 g/mol. The Morgan fingerprint density at radius 1 is 1.35 bits per heavy atom. The number of hydrogen-bond acceptors (Lipinski definition) is 5. The average Bonchev–Trinajstić information content (AvgIpc) is 2.85. The summed E-state index contributed by atoms with van der Waals surface area (Å²) in [6.07, 6.45) is 1.74. The minimum absolute atomic E-state index is 0.0899. The number of ether oxygens (including phenoxy) is 1. The molecule has 0 saturated heterocycles. The van der Waals surface area contributed by atoms with E-state index in [-0.39, 0.29) is 12.5 Å². The van der Waals surface area contributed by atoms with Crippen LogP contribution in [0.15, 0.2) is 30.5 Å². The van der Waals surface area contributed by atoms with Crippen LogP contribution in [0.25, 0.3) is 0 Å². The predicted molar refractivity (Wildman–Crippen MR) is 80.2 cm³/mol. The molecule has 0 radical (unpaired) electrons. The maximum Gasteiger partial charge on any atom is 0.240 e. The number of amides is 1. The molecule has 5 nitrogen and oxygen atoms in total. The Bertz CT molecular complexity index is 566. The highest BCUT2D eigenvalue weighted by Crippen LogP contribution is 2.16. The topological polar surface area (TPSA) is 63.2 Å². The molecule has 1 aromatic carbocycles. The summed E-state index contributed by atoms with van der Waals surface area (Å²) in [5.41, 5.74) is 1.10. The van der Waals surface area contributed by atoms with Gasteiger partial charge in [0.1, 0.15) is 5.75 Å². The van der Waals surface area contributed by atoms with Crippen molar-refractivity contribution in [2.75, 3.05) is 19.0 Å². The number of carbonyl (C=O) groups excluding carboxylic acids is 1. The lowest BCUT2D eigenvalue weighted by Crippen LogP contribution is -2.27. The maximum absolute atomic E-state index is 11.7. The standard InChI is InChI=1S/C14H17N3O2S/c1-10-7-16-14(20-10)17-13(18)9-15-8-11-3-5-12(19-2)6-4-11/h3-7,15H,8-9H2,1-2H3,(H,16,17,18). The summed E-state index contributed by atoms with van der Waals surface area (Å²) in [4.78, 5) is 16.8. The van der Waals surface area contributed by atoms with Gasteiger partial charge in [0, 0.05) is 17.6 Å². The molecule has 0 fully saturated rings. The van der Waals surface area contributed by atoms with Crippen LogP contribution in [0.2, 0.25) is 0 Å². The molecule has 0 spiro atoms. The van der Waals surface area contributed by atoms with E-state index in [2.05, 4.69) is 15.6 Å². The maximum atomic E-state index is 11.7. The van der Waals surface area contributed by atoms with E-state index in [1.165, 1.54) is 11.3 Å². The van der Waals surface area contributed by atoms with Gasteiger partial charge in [-0.25, -0.2) is 4.98 Å². The minimum Gasteiger partial charge on any atom is -0.497 e. The molecule has 0 bridgehead atoms. The van der Waals surface area contributed by atoms with E-state index in [0.717, 1.165) is 16.2 Å². The molecule has 0 aliphatic heterocycles. The summed E-state index contributed by atoms with van der Waals surface area (Å²) in [5.74, 6) is 0.735. The lowest BCUT2D eigenvalue weighted by atomic mass is 10.2. The number of aryl methyl sites for hydroxylation is 1. The van der Waals surface area contributed by atoms with Crippen LogP contribution in [0.3, 0.4) is 0 Å². The molecule has 0 unspecified atom stereocenters. The van der Waals surface area contributed by atoms with Crippen molar-refractivity contribution in [1.82, 2.24) is 10.3 Å². The molecule has 20 heavy (non-hydrogen) atoms. The Balaban J connectivity index is 1.73. The van der Waals surface area contributed by atoms with Crippen molar-refractivity contribution in [3.05, 3.63) is 40.9 Å². The van der Waals surface area contributed by atoms with Gasteiger partial charge in [0.2, 0.25) is 5.91 Å². The van der Waals surface area contributed by atoms with Gasteiger partial charge in [-0.2, -0.15) is 0 Å². The smallest absolute Gasteiger partial charge is 0.240 e. The fourth-order valence-corrected chi connectivity index (χ4v) is 2.32. The minimum atomic E-state index is -0.0899. The van der Waals surface area contributed by atoms with Gasteiger partial charge in [-0.1, -0.05) is 12.1 Å². The van der Waals surface area contributed by atoms with Crippen molar-refractivity contribution in [3.63, 3.8) is 0 Å². The first-order valence-electron chi connectivity index (χ1n) is 6.23. The summed E-state index contributed by atoms with van der Waals surface area (Å²) in [5, 5.41) is 6.48. The summed E-state index contributed by atoms with van der Waals surface area (Å²) >= 11 is 1.47. The van der Waals surface area contributed by atoms with Crippen molar-refractivity contribution < 1.29 is 9.53 Å². The largest absolute Gasteiger partial charge is 0.497 e. The molecule has 0 aliphatic rings. The first kappa shape index (κ1) is 14.5. The highest BCUT2D eigenvalue weighted by atomic mass is 32.1. The SMILES string of the molecule is COc1ccc(CNCC(=O)Nc2ncc(C)s2)cc1. The third-order valence-electron chi connectivity index (χ3n) is 2.64. The van der Waals surface area contributed by atoms with E-state index >= 15 is 0 Å². The fourth-order valence-electron chi connectivity index (χ4n) is 1.64. The van der Waals surface area contributed by atoms with Gasteiger partial charge in [0.25, 0.3) is 0 Å². The number of benzene rings is 1. The van der Waals surface area contributed by atoms with E-state index in [0.29, 0.717) is 11.7 Å². The summed E-state index contributed by atoms with van der Waals surface area (Å²) in [6.45, 7) is 2.84. The molecule has 2 N–H and O–H groups in total. The summed E-state index contributed by atoms with van der Waals surface area (Å²) < 4.78 is 5.09. The molecule has 0 atom stereocenters. The van der Waals surface area contributed by atoms with Crippen LogP contribution in [-0.2, 0) is 11.3 Å². The highest BCUT2D eigenvalue weighted by molar-refractivity contribution is 7.15. The number of carbonyl (C=O) groups is 1. The Kier molecular flexibility index (Phi) is 5.09. The molecule has 2 aromatic rings. The van der Waals surface area contributed by atoms with Crippen LogP contribution in [0.1, 0.15) is 10.4 Å². The van der Waals surface area contributed by atoms with Gasteiger partial charge in [-0.05, 0) is 24.6 Å². The number of nitrogens with one attached hydrogen (secondary N) is 2. The van der Waals surface area contributed by atoms with E-state index in [4.69, 9.17) is 4.74 Å². The zero-order valence-electron chi connectivity index (χ0n) is 11.5. The van der Waals surface area contributed by atoms with Crippen molar-refractivity contribution in [2.24, 2.45) is 0 Å². The van der Waals surface area contributed by atoms with Gasteiger partial charge < -0.3 is 15.4 Å². The Hall–Kier alpha value is -1.92. The lowest BCUT2D eigenvalue weighted by molar-refractivity contribution is -0.115. The third-order valence-corrected chi connectivity index (χ3v) is 3.47. The molecule has 6 heteroatoms. The van der Waals surface area contributed by atoms with Gasteiger partial charge >= 0.3 is 0 Å². The van der Waals surface area contributed by atoms with Crippen LogP contribution in [-0.4, -0.2) is 24.5 Å². The number of rotatable bonds is 6. The van der Waals surface area contributed by atoms with Gasteiger partial charge in [0.15, 0.2) is 5.13 Å². The molecule has 2 rings (SSSR count). The van der Waals surface area contributed by atoms with Gasteiger partial charge in [0.05, 0.1) is 13.7 Å². The van der Waals surface area contributed by atoms with Crippen LogP contribution in [0.4, 0.5) is 5.13 Å².